The number of hydrogen-bond acceptors (Lipinski definition) is 6. The van der Waals surface area contributed by atoms with Gasteiger partial charge in [0.05, 0.1) is 18.4 Å². The molecule has 7 nitrogen and oxygen atoms in total. The van der Waals surface area contributed by atoms with E-state index in [1.807, 2.05) is 0 Å². The Balaban J connectivity index is 0.00000133. The first-order valence-electron chi connectivity index (χ1n) is 5.02. The number of hydrogen-bond donors (Lipinski definition) is 0. The molecule has 0 spiro atoms. The maximum Gasteiger partial charge on any atom is 1.00 e. The third-order valence-corrected chi connectivity index (χ3v) is 2.44. The number of carbonyl (C=O) groups is 1. The molecule has 1 atom stereocenters. The molecule has 1 radical (unpaired) electrons. The Kier molecular flexibility index (Phi) is 3.96. The standard InChI is InChI=1S/C9H4B2N3O4.Na/c1-12-5-2-4(7(15)16)3-13-6(5)14-9-11(18-9)8-10-17-8;/h2-3,8H,(H,15,16);/q;+1/p-1. The number of aliphatic imine (C=N–C) groups is 1. The maximum absolute atomic E-state index is 10.6. The van der Waals surface area contributed by atoms with Gasteiger partial charge in [-0.3, -0.25) is 0 Å². The first-order chi connectivity index (χ1) is 8.69. The molecule has 3 rings (SSSR count). The fourth-order valence-electron chi connectivity index (χ4n) is 1.41. The Hall–Kier alpha value is -1.33. The monoisotopic (exact) mass is 262 g/mol. The minimum Gasteiger partial charge on any atom is -0.545 e. The zero-order chi connectivity index (χ0) is 12.7. The summed E-state index contributed by atoms with van der Waals surface area (Å²) in [6.45, 7) is 6.76. The van der Waals surface area contributed by atoms with E-state index in [4.69, 9.17) is 15.9 Å². The van der Waals surface area contributed by atoms with Crippen LogP contribution in [0, 0.1) is 6.57 Å². The Bertz CT molecular complexity index is 614. The van der Waals surface area contributed by atoms with Gasteiger partial charge in [-0.05, 0) is 6.07 Å². The van der Waals surface area contributed by atoms with Crippen LogP contribution in [-0.4, -0.2) is 37.1 Å². The van der Waals surface area contributed by atoms with Gasteiger partial charge in [0, 0.05) is 11.8 Å². The van der Waals surface area contributed by atoms with Crippen molar-refractivity contribution >= 4 is 37.7 Å². The van der Waals surface area contributed by atoms with E-state index in [1.54, 1.807) is 7.48 Å². The molecule has 2 saturated heterocycles. The fourth-order valence-corrected chi connectivity index (χ4v) is 1.41. The minimum atomic E-state index is -1.38. The van der Waals surface area contributed by atoms with Gasteiger partial charge in [0.25, 0.3) is 0 Å². The SMILES string of the molecule is [C-]#[N+]c1cc(C(=O)[O-])cnc1N=C1OB1C1[B]O1.[Na+]. The van der Waals surface area contributed by atoms with E-state index in [9.17, 15) is 9.90 Å². The number of carboxylic acid groups (broad SMARTS) is 1. The number of aromatic carboxylic acids is 1. The van der Waals surface area contributed by atoms with E-state index in [0.29, 0.717) is 5.80 Å². The molecule has 0 saturated carbocycles. The van der Waals surface area contributed by atoms with E-state index >= 15 is 0 Å². The second-order valence-electron chi connectivity index (χ2n) is 3.69. The second kappa shape index (κ2) is 5.35. The van der Waals surface area contributed by atoms with Crippen molar-refractivity contribution in [3.8, 4) is 0 Å². The van der Waals surface area contributed by atoms with Gasteiger partial charge in [-0.2, -0.15) is 0 Å². The molecule has 3 heterocycles. The average molecular weight is 262 g/mol. The Morgan fingerprint density at radius 1 is 1.68 bits per heavy atom. The van der Waals surface area contributed by atoms with Gasteiger partial charge in [-0.25, -0.2) is 14.8 Å². The summed E-state index contributed by atoms with van der Waals surface area (Å²) in [6, 6.07) is 1.17. The largest absolute Gasteiger partial charge is 1.00 e. The average Bonchev–Trinajstić information content (AvgIpc) is 3.22. The number of carbonyl (C=O) groups excluding carboxylic acids is 1. The van der Waals surface area contributed by atoms with Crippen LogP contribution in [-0.2, 0) is 9.31 Å². The van der Waals surface area contributed by atoms with Crippen molar-refractivity contribution in [3.05, 3.63) is 29.2 Å². The van der Waals surface area contributed by atoms with Crippen LogP contribution >= 0.6 is 0 Å². The summed E-state index contributed by atoms with van der Waals surface area (Å²) in [4.78, 5) is 21.7. The fraction of sp³-hybridized carbons (Fsp3) is 0.111. The summed E-state index contributed by atoms with van der Waals surface area (Å²) in [5.41, 5.74) is -0.115. The Morgan fingerprint density at radius 2 is 2.42 bits per heavy atom. The first kappa shape index (κ1) is 14.1. The first-order valence-corrected chi connectivity index (χ1v) is 5.02. The summed E-state index contributed by atoms with van der Waals surface area (Å²) < 4.78 is 10.1. The Labute approximate surface area is 131 Å². The topological polar surface area (TPSA) is 94.8 Å². The predicted octanol–water partition coefficient (Wildman–Crippen LogP) is -3.89. The molecular formula is C9H3B2N3NaO4. The van der Waals surface area contributed by atoms with E-state index in [0.717, 1.165) is 6.20 Å². The van der Waals surface area contributed by atoms with Crippen molar-refractivity contribution in [1.29, 1.82) is 0 Å². The van der Waals surface area contributed by atoms with Crippen LogP contribution in [0.25, 0.3) is 4.85 Å². The van der Waals surface area contributed by atoms with E-state index in [-0.39, 0.29) is 59.4 Å². The molecule has 2 fully saturated rings. The molecule has 2 aliphatic heterocycles. The van der Waals surface area contributed by atoms with Crippen molar-refractivity contribution in [1.82, 2.24) is 4.98 Å². The molecule has 85 valence electrons. The third kappa shape index (κ3) is 2.98. The van der Waals surface area contributed by atoms with Crippen LogP contribution in [0.2, 0.25) is 0 Å². The molecule has 0 aromatic carbocycles. The zero-order valence-electron chi connectivity index (χ0n) is 9.86. The summed E-state index contributed by atoms with van der Waals surface area (Å²) in [5, 5.41) is 10.6. The van der Waals surface area contributed by atoms with Crippen LogP contribution in [0.5, 0.6) is 0 Å². The molecule has 1 aromatic heterocycles. The van der Waals surface area contributed by atoms with Crippen LogP contribution in [0.1, 0.15) is 10.4 Å². The zero-order valence-corrected chi connectivity index (χ0v) is 11.9. The van der Waals surface area contributed by atoms with Gasteiger partial charge < -0.3 is 19.2 Å². The third-order valence-electron chi connectivity index (χ3n) is 2.44. The number of pyridine rings is 1. The van der Waals surface area contributed by atoms with Crippen molar-refractivity contribution in [3.63, 3.8) is 0 Å². The van der Waals surface area contributed by atoms with Crippen LogP contribution in [0.3, 0.4) is 0 Å². The second-order valence-corrected chi connectivity index (χ2v) is 3.69. The molecule has 1 unspecified atom stereocenters. The smallest absolute Gasteiger partial charge is 0.545 e. The van der Waals surface area contributed by atoms with Crippen molar-refractivity contribution in [2.45, 2.75) is 5.90 Å². The van der Waals surface area contributed by atoms with Gasteiger partial charge in [-0.1, -0.05) is 0 Å². The van der Waals surface area contributed by atoms with Gasteiger partial charge in [0.1, 0.15) is 0 Å². The quantitative estimate of drug-likeness (QED) is 0.315. The van der Waals surface area contributed by atoms with E-state index in [1.165, 1.54) is 6.07 Å². The molecule has 19 heavy (non-hydrogen) atoms. The van der Waals surface area contributed by atoms with Gasteiger partial charge >= 0.3 is 44.0 Å². The number of aromatic nitrogens is 1. The van der Waals surface area contributed by atoms with Crippen LogP contribution in [0.4, 0.5) is 11.5 Å². The van der Waals surface area contributed by atoms with Gasteiger partial charge in [0.2, 0.25) is 5.69 Å². The molecule has 0 bridgehead atoms. The molecule has 10 heteroatoms. The summed E-state index contributed by atoms with van der Waals surface area (Å²) in [6.07, 6.45) is 1.10. The summed E-state index contributed by atoms with van der Waals surface area (Å²) in [5.74, 6) is -0.878. The minimum absolute atomic E-state index is 0. The van der Waals surface area contributed by atoms with E-state index in [2.05, 4.69) is 14.8 Å². The van der Waals surface area contributed by atoms with Crippen molar-refractivity contribution < 1.29 is 48.8 Å². The number of carboxylic acids is 1. The number of nitrogens with zero attached hydrogens (tertiary/aromatic N) is 3. The van der Waals surface area contributed by atoms with Crippen LogP contribution < -0.4 is 34.7 Å². The van der Waals surface area contributed by atoms with Crippen molar-refractivity contribution in [2.24, 2.45) is 4.99 Å². The number of rotatable bonds is 3. The predicted molar refractivity (Wildman–Crippen MR) is 59.4 cm³/mol. The normalized spacial score (nSPS) is 20.7. The molecule has 0 amide bonds. The van der Waals surface area contributed by atoms with Crippen molar-refractivity contribution in [2.75, 3.05) is 0 Å². The molecule has 2 aliphatic rings. The van der Waals surface area contributed by atoms with E-state index < -0.39 is 5.97 Å². The molecule has 0 aliphatic carbocycles. The Morgan fingerprint density at radius 3 is 3.00 bits per heavy atom. The molecular weight excluding hydrogens is 259 g/mol. The van der Waals surface area contributed by atoms with Gasteiger partial charge in [-0.15, -0.1) is 0 Å². The summed E-state index contributed by atoms with van der Waals surface area (Å²) in [7, 11) is 1.62. The molecule has 1 aromatic rings. The maximum atomic E-state index is 10.6. The molecule has 0 N–H and O–H groups in total. The summed E-state index contributed by atoms with van der Waals surface area (Å²) >= 11 is 0. The van der Waals surface area contributed by atoms with Crippen LogP contribution in [0.15, 0.2) is 17.3 Å². The van der Waals surface area contributed by atoms with Gasteiger partial charge in [0.15, 0.2) is 11.6 Å².